The molecule has 0 radical (unpaired) electrons. The molecule has 0 N–H and O–H groups in total. The summed E-state index contributed by atoms with van der Waals surface area (Å²) in [6.45, 7) is 0. The van der Waals surface area contributed by atoms with Crippen LogP contribution in [0.25, 0.3) is 0 Å². The Morgan fingerprint density at radius 3 is 2.48 bits per heavy atom. The first-order valence-electron chi connectivity index (χ1n) is 7.98. The van der Waals surface area contributed by atoms with Crippen molar-refractivity contribution in [3.63, 3.8) is 0 Å². The van der Waals surface area contributed by atoms with Gasteiger partial charge < -0.3 is 0 Å². The molecule has 134 valence electrons. The minimum atomic E-state index is -2.92. The average molecular weight is 395 g/mol. The molecular formula is C21H15ClN2O2S. The number of hydrogen-bond donors (Lipinski definition) is 0. The van der Waals surface area contributed by atoms with E-state index in [1.165, 1.54) is 12.5 Å². The summed E-state index contributed by atoms with van der Waals surface area (Å²) < 4.78 is 16.7. The van der Waals surface area contributed by atoms with Crippen molar-refractivity contribution < 1.29 is 9.00 Å². The van der Waals surface area contributed by atoms with Gasteiger partial charge in [0.2, 0.25) is 0 Å². The third-order valence-corrected chi connectivity index (χ3v) is 5.48. The molecule has 0 saturated carbocycles. The summed E-state index contributed by atoms with van der Waals surface area (Å²) in [4.78, 5) is 16.9. The van der Waals surface area contributed by atoms with Crippen LogP contribution in [0.2, 0.25) is 5.02 Å². The highest BCUT2D eigenvalue weighted by Crippen LogP contribution is 2.18. The number of benzene rings is 2. The fourth-order valence-electron chi connectivity index (χ4n) is 2.26. The number of halogens is 1. The molecule has 1 atom stereocenters. The Bertz CT molecular complexity index is 1170. The first-order valence-corrected chi connectivity index (χ1v) is 10.3. The van der Waals surface area contributed by atoms with E-state index in [0.29, 0.717) is 15.5 Å². The smallest absolute Gasteiger partial charge is 0.266 e. The van der Waals surface area contributed by atoms with Gasteiger partial charge in [0.1, 0.15) is 0 Å². The lowest BCUT2D eigenvalue weighted by Crippen LogP contribution is -2.04. The predicted molar refractivity (Wildman–Crippen MR) is 107 cm³/mol. The lowest BCUT2D eigenvalue weighted by molar-refractivity contribution is 0.100. The Morgan fingerprint density at radius 1 is 1.00 bits per heavy atom. The Balaban J connectivity index is 1.90. The van der Waals surface area contributed by atoms with E-state index in [2.05, 4.69) is 21.2 Å². The maximum Gasteiger partial charge on any atom is 0.286 e. The number of carbonyl (C=O) groups excluding carboxylic acids is 1. The molecule has 4 nitrogen and oxygen atoms in total. The molecule has 0 spiro atoms. The van der Waals surface area contributed by atoms with Crippen LogP contribution in [-0.2, 0) is 9.73 Å². The topological polar surface area (TPSA) is 59.4 Å². The van der Waals surface area contributed by atoms with Gasteiger partial charge in [-0.2, -0.15) is 4.36 Å². The predicted octanol–water partition coefficient (Wildman–Crippen LogP) is 4.43. The number of pyridine rings is 1. The number of aromatic nitrogens is 1. The molecule has 3 rings (SSSR count). The molecule has 0 aliphatic carbocycles. The van der Waals surface area contributed by atoms with Gasteiger partial charge >= 0.3 is 0 Å². The van der Waals surface area contributed by atoms with Crippen LogP contribution in [0.5, 0.6) is 0 Å². The molecule has 0 saturated heterocycles. The first kappa shape index (κ1) is 18.8. The summed E-state index contributed by atoms with van der Waals surface area (Å²) in [6, 6.07) is 17.6. The van der Waals surface area contributed by atoms with E-state index in [9.17, 15) is 9.00 Å². The average Bonchev–Trinajstić information content (AvgIpc) is 2.67. The van der Waals surface area contributed by atoms with Crippen molar-refractivity contribution in [2.45, 2.75) is 4.90 Å². The molecule has 2 aromatic carbocycles. The van der Waals surface area contributed by atoms with Crippen LogP contribution in [0.15, 0.2) is 82.3 Å². The van der Waals surface area contributed by atoms with Gasteiger partial charge in [0, 0.05) is 39.7 Å². The van der Waals surface area contributed by atoms with Crippen LogP contribution in [0.1, 0.15) is 21.5 Å². The van der Waals surface area contributed by atoms with E-state index in [1.807, 2.05) is 30.3 Å². The molecule has 0 aliphatic rings. The first-order chi connectivity index (χ1) is 12.9. The van der Waals surface area contributed by atoms with Crippen LogP contribution in [0.4, 0.5) is 0 Å². The molecule has 1 amide bonds. The van der Waals surface area contributed by atoms with Gasteiger partial charge in [0.15, 0.2) is 0 Å². The van der Waals surface area contributed by atoms with Crippen molar-refractivity contribution in [3.05, 3.63) is 94.8 Å². The summed E-state index contributed by atoms with van der Waals surface area (Å²) >= 11 is 5.93. The second-order valence-corrected chi connectivity index (χ2v) is 8.43. The quantitative estimate of drug-likeness (QED) is 0.604. The van der Waals surface area contributed by atoms with Crippen molar-refractivity contribution in [1.82, 2.24) is 4.98 Å². The summed E-state index contributed by atoms with van der Waals surface area (Å²) in [5, 5.41) is 0.435. The zero-order chi connectivity index (χ0) is 19.3. The van der Waals surface area contributed by atoms with Gasteiger partial charge in [-0.15, -0.1) is 0 Å². The lowest BCUT2D eigenvalue weighted by atomic mass is 10.2. The van der Waals surface area contributed by atoms with Crippen LogP contribution in [0, 0.1) is 11.8 Å². The Morgan fingerprint density at radius 2 is 1.74 bits per heavy atom. The molecule has 1 aromatic heterocycles. The molecule has 0 aliphatic heterocycles. The van der Waals surface area contributed by atoms with Gasteiger partial charge in [0.05, 0.1) is 15.3 Å². The number of nitrogens with zero attached hydrogens (tertiary/aromatic N) is 2. The van der Waals surface area contributed by atoms with E-state index in [4.69, 9.17) is 11.6 Å². The van der Waals surface area contributed by atoms with Crippen LogP contribution >= 0.6 is 11.6 Å². The van der Waals surface area contributed by atoms with E-state index in [0.717, 1.165) is 5.56 Å². The number of carbonyl (C=O) groups is 1. The van der Waals surface area contributed by atoms with E-state index in [1.54, 1.807) is 36.5 Å². The minimum Gasteiger partial charge on any atom is -0.266 e. The van der Waals surface area contributed by atoms with Crippen molar-refractivity contribution in [2.75, 3.05) is 6.26 Å². The Labute approximate surface area is 163 Å². The van der Waals surface area contributed by atoms with Gasteiger partial charge in [-0.25, -0.2) is 4.21 Å². The van der Waals surface area contributed by atoms with Gasteiger partial charge in [-0.1, -0.05) is 47.7 Å². The molecule has 0 bridgehead atoms. The molecule has 6 heteroatoms. The highest BCUT2D eigenvalue weighted by atomic mass is 35.5. The van der Waals surface area contributed by atoms with Gasteiger partial charge in [-0.3, -0.25) is 9.78 Å². The molecule has 3 aromatic rings. The van der Waals surface area contributed by atoms with Gasteiger partial charge in [0.25, 0.3) is 5.91 Å². The second-order valence-electron chi connectivity index (χ2n) is 5.73. The van der Waals surface area contributed by atoms with Crippen molar-refractivity contribution in [2.24, 2.45) is 4.36 Å². The van der Waals surface area contributed by atoms with Crippen LogP contribution < -0.4 is 0 Å². The number of amides is 1. The number of hydrogen-bond acceptors (Lipinski definition) is 3. The molecule has 0 fully saturated rings. The van der Waals surface area contributed by atoms with Gasteiger partial charge in [-0.05, 0) is 36.4 Å². The number of rotatable bonds is 2. The summed E-state index contributed by atoms with van der Waals surface area (Å²) in [5.74, 6) is 5.35. The van der Waals surface area contributed by atoms with Crippen LogP contribution in [-0.4, -0.2) is 21.4 Å². The van der Waals surface area contributed by atoms with Crippen molar-refractivity contribution in [3.8, 4) is 11.8 Å². The van der Waals surface area contributed by atoms with E-state index >= 15 is 0 Å². The van der Waals surface area contributed by atoms with Crippen molar-refractivity contribution >= 4 is 27.2 Å². The monoisotopic (exact) mass is 394 g/mol. The SMILES string of the molecule is CS(=O)(=NC(=O)c1cncc(C#Cc2ccccc2)c1)c1cccc(Cl)c1. The second kappa shape index (κ2) is 8.17. The largest absolute Gasteiger partial charge is 0.286 e. The maximum atomic E-state index is 12.8. The summed E-state index contributed by atoms with van der Waals surface area (Å²) in [7, 11) is -2.92. The highest BCUT2D eigenvalue weighted by Gasteiger charge is 2.12. The lowest BCUT2D eigenvalue weighted by Gasteiger charge is -2.04. The van der Waals surface area contributed by atoms with E-state index in [-0.39, 0.29) is 5.56 Å². The third kappa shape index (κ3) is 5.04. The molecule has 1 heterocycles. The zero-order valence-corrected chi connectivity index (χ0v) is 16.0. The van der Waals surface area contributed by atoms with Crippen molar-refractivity contribution in [1.29, 1.82) is 0 Å². The Kier molecular flexibility index (Phi) is 5.70. The standard InChI is InChI=1S/C21H15ClN2O2S/c1-27(26,20-9-5-8-19(22)13-20)24-21(25)18-12-17(14-23-15-18)11-10-16-6-3-2-4-7-16/h2-9,12-15H,1H3. The normalized spacial score (nSPS) is 12.4. The minimum absolute atomic E-state index is 0.228. The highest BCUT2D eigenvalue weighted by molar-refractivity contribution is 7.93. The molecule has 27 heavy (non-hydrogen) atoms. The zero-order valence-electron chi connectivity index (χ0n) is 14.4. The Hall–Kier alpha value is -2.94. The fraction of sp³-hybridized carbons (Fsp3) is 0.0476. The van der Waals surface area contributed by atoms with Crippen LogP contribution in [0.3, 0.4) is 0 Å². The summed E-state index contributed by atoms with van der Waals surface area (Å²) in [6.07, 6.45) is 4.35. The fourth-order valence-corrected chi connectivity index (χ4v) is 3.72. The summed E-state index contributed by atoms with van der Waals surface area (Å²) in [5.41, 5.74) is 1.66. The molecular weight excluding hydrogens is 380 g/mol. The molecule has 1 unspecified atom stereocenters. The van der Waals surface area contributed by atoms with E-state index < -0.39 is 15.6 Å². The third-order valence-electron chi connectivity index (χ3n) is 3.60. The maximum absolute atomic E-state index is 12.8.